The van der Waals surface area contributed by atoms with E-state index < -0.39 is 42.1 Å². The molecule has 0 radical (unpaired) electrons. The Labute approximate surface area is 240 Å². The summed E-state index contributed by atoms with van der Waals surface area (Å²) >= 11 is 0. The van der Waals surface area contributed by atoms with Crippen molar-refractivity contribution >= 4 is 23.8 Å². The lowest BCUT2D eigenvalue weighted by atomic mass is 9.94. The van der Waals surface area contributed by atoms with Crippen molar-refractivity contribution in [1.29, 1.82) is 0 Å². The van der Waals surface area contributed by atoms with Gasteiger partial charge in [0.15, 0.2) is 5.82 Å². The number of carbonyl (C=O) groups excluding carboxylic acids is 1. The van der Waals surface area contributed by atoms with Gasteiger partial charge in [0.2, 0.25) is 0 Å². The van der Waals surface area contributed by atoms with E-state index in [0.717, 1.165) is 0 Å². The van der Waals surface area contributed by atoms with Gasteiger partial charge in [0, 0.05) is 35.3 Å². The van der Waals surface area contributed by atoms with Crippen molar-refractivity contribution in [2.75, 3.05) is 5.32 Å². The first kappa shape index (κ1) is 30.4. The molecule has 2 atom stereocenters. The first-order valence-corrected chi connectivity index (χ1v) is 13.3. The van der Waals surface area contributed by atoms with Gasteiger partial charge in [-0.25, -0.2) is 8.78 Å². The van der Waals surface area contributed by atoms with Crippen molar-refractivity contribution in [3.8, 4) is 22.3 Å². The first-order valence-electron chi connectivity index (χ1n) is 13.3. The van der Waals surface area contributed by atoms with Gasteiger partial charge in [0.25, 0.3) is 5.91 Å². The summed E-state index contributed by atoms with van der Waals surface area (Å²) in [6, 6.07) is 12.5. The molecule has 0 saturated heterocycles. The maximum atomic E-state index is 14.0. The summed E-state index contributed by atoms with van der Waals surface area (Å²) in [6.07, 6.45) is -0.307. The largest absolute Gasteiger partial charge is 0.481 e. The fraction of sp³-hybridized carbons (Fsp3) is 0.258. The Morgan fingerprint density at radius 1 is 1.00 bits per heavy atom. The van der Waals surface area contributed by atoms with E-state index in [-0.39, 0.29) is 24.0 Å². The van der Waals surface area contributed by atoms with E-state index in [2.05, 4.69) is 10.5 Å². The van der Waals surface area contributed by atoms with E-state index in [1.165, 1.54) is 42.5 Å². The molecule has 42 heavy (non-hydrogen) atoms. The van der Waals surface area contributed by atoms with E-state index in [4.69, 9.17) is 9.63 Å². The molecule has 0 aliphatic rings. The Morgan fingerprint density at radius 2 is 1.57 bits per heavy atom. The predicted octanol–water partition coefficient (Wildman–Crippen LogP) is 5.83. The number of hydrogen-bond acceptors (Lipinski definition) is 6. The van der Waals surface area contributed by atoms with Crippen LogP contribution in [0.2, 0.25) is 0 Å². The zero-order valence-electron chi connectivity index (χ0n) is 23.2. The minimum Gasteiger partial charge on any atom is -0.481 e. The summed E-state index contributed by atoms with van der Waals surface area (Å²) in [5, 5.41) is 36.2. The number of carboxylic acids is 1. The lowest BCUT2D eigenvalue weighted by molar-refractivity contribution is -0.139. The van der Waals surface area contributed by atoms with Crippen LogP contribution in [0.4, 0.5) is 14.6 Å². The van der Waals surface area contributed by atoms with Gasteiger partial charge in [0.1, 0.15) is 23.1 Å². The number of carboxylic acid groups (broad SMARTS) is 1. The van der Waals surface area contributed by atoms with E-state index in [1.54, 1.807) is 35.8 Å². The minimum absolute atomic E-state index is 0.183. The molecule has 11 heteroatoms. The number of halogens is 2. The third-order valence-electron chi connectivity index (χ3n) is 6.51. The number of rotatable bonds is 11. The number of aliphatic carboxylic acids is 1. The molecule has 0 spiro atoms. The molecule has 2 heterocycles. The van der Waals surface area contributed by atoms with E-state index in [0.29, 0.717) is 33.7 Å². The number of nitrogens with zero attached hydrogens (tertiary/aromatic N) is 2. The SMILES string of the molecule is Cc1cc(NC(=O)c2c(-c3ccc(F)cc3)c(-c3ccc(F)cc3)c(C=C[C@@H](O)C[C@@H](O)CC(=O)O)n2C(C)C)no1. The zero-order chi connectivity index (χ0) is 30.6. The fourth-order valence-electron chi connectivity index (χ4n) is 4.78. The van der Waals surface area contributed by atoms with Crippen molar-refractivity contribution < 1.29 is 38.2 Å². The van der Waals surface area contributed by atoms with Gasteiger partial charge in [-0.2, -0.15) is 0 Å². The van der Waals surface area contributed by atoms with Crippen molar-refractivity contribution in [3.05, 3.63) is 89.5 Å². The Balaban J connectivity index is 1.97. The third kappa shape index (κ3) is 6.99. The summed E-state index contributed by atoms with van der Waals surface area (Å²) in [4.78, 5) is 24.9. The molecule has 4 rings (SSSR count). The highest BCUT2D eigenvalue weighted by atomic mass is 19.1. The average molecular weight is 580 g/mol. The van der Waals surface area contributed by atoms with Crippen molar-refractivity contribution in [2.45, 2.75) is 51.9 Å². The smallest absolute Gasteiger partial charge is 0.305 e. The van der Waals surface area contributed by atoms with E-state index in [9.17, 15) is 28.6 Å². The number of amides is 1. The number of aryl methyl sites for hydroxylation is 1. The second-order valence-corrected chi connectivity index (χ2v) is 10.2. The van der Waals surface area contributed by atoms with Crippen LogP contribution < -0.4 is 5.32 Å². The van der Waals surface area contributed by atoms with Crippen LogP contribution >= 0.6 is 0 Å². The summed E-state index contributed by atoms with van der Waals surface area (Å²) in [5.74, 6) is -2.02. The number of benzene rings is 2. The number of hydrogen-bond donors (Lipinski definition) is 4. The second kappa shape index (κ2) is 12.9. The molecule has 220 valence electrons. The first-order chi connectivity index (χ1) is 19.9. The van der Waals surface area contributed by atoms with Crippen LogP contribution in [0, 0.1) is 18.6 Å². The Hall–Kier alpha value is -4.61. The molecular formula is C31H31F2N3O6. The number of aliphatic hydroxyl groups excluding tert-OH is 2. The molecule has 4 aromatic rings. The standard InChI is InChI=1S/C31H31F2N3O6/c1-17(2)36-25(13-12-23(37)15-24(38)16-27(39)40)28(19-4-8-21(32)9-5-19)29(20-6-10-22(33)11-7-20)30(36)31(41)34-26-14-18(3)42-35-26/h4-14,17,23-24,37-38H,15-16H2,1-3H3,(H,39,40)(H,34,35,41)/t23-,24-/m1/s1. The molecule has 1 amide bonds. The molecule has 4 N–H and O–H groups in total. The Kier molecular flexibility index (Phi) is 9.34. The lowest BCUT2D eigenvalue weighted by Gasteiger charge is -2.17. The van der Waals surface area contributed by atoms with Crippen LogP contribution in [0.1, 0.15) is 54.7 Å². The van der Waals surface area contributed by atoms with Crippen molar-refractivity contribution in [3.63, 3.8) is 0 Å². The molecule has 0 aliphatic carbocycles. The van der Waals surface area contributed by atoms with Gasteiger partial charge in [-0.1, -0.05) is 35.5 Å². The van der Waals surface area contributed by atoms with Crippen molar-refractivity contribution in [2.24, 2.45) is 0 Å². The summed E-state index contributed by atoms with van der Waals surface area (Å²) in [5.41, 5.74) is 2.63. The summed E-state index contributed by atoms with van der Waals surface area (Å²) < 4.78 is 34.8. The van der Waals surface area contributed by atoms with Gasteiger partial charge in [-0.15, -0.1) is 0 Å². The number of nitrogens with one attached hydrogen (secondary N) is 1. The fourth-order valence-corrected chi connectivity index (χ4v) is 4.78. The second-order valence-electron chi connectivity index (χ2n) is 10.2. The normalized spacial score (nSPS) is 13.0. The third-order valence-corrected chi connectivity index (χ3v) is 6.51. The number of carbonyl (C=O) groups is 2. The number of aliphatic hydroxyl groups is 2. The molecule has 2 aromatic heterocycles. The van der Waals surface area contributed by atoms with Gasteiger partial charge >= 0.3 is 5.97 Å². The topological polar surface area (TPSA) is 138 Å². The molecule has 0 fully saturated rings. The lowest BCUT2D eigenvalue weighted by Crippen LogP contribution is -2.20. The van der Waals surface area contributed by atoms with Crippen LogP contribution in [0.25, 0.3) is 28.3 Å². The van der Waals surface area contributed by atoms with E-state index >= 15 is 0 Å². The molecule has 9 nitrogen and oxygen atoms in total. The highest BCUT2D eigenvalue weighted by molar-refractivity contribution is 6.11. The molecule has 0 saturated carbocycles. The summed E-state index contributed by atoms with van der Waals surface area (Å²) in [6.45, 7) is 5.38. The highest BCUT2D eigenvalue weighted by Crippen LogP contribution is 2.43. The number of anilines is 1. The van der Waals surface area contributed by atoms with E-state index in [1.807, 2.05) is 13.8 Å². The Bertz CT molecular complexity index is 1590. The summed E-state index contributed by atoms with van der Waals surface area (Å²) in [7, 11) is 0. The molecule has 0 aliphatic heterocycles. The highest BCUT2D eigenvalue weighted by Gasteiger charge is 2.30. The van der Waals surface area contributed by atoms with Crippen molar-refractivity contribution in [1.82, 2.24) is 9.72 Å². The van der Waals surface area contributed by atoms with Crippen LogP contribution in [0.5, 0.6) is 0 Å². The number of aromatic nitrogens is 2. The quantitative estimate of drug-likeness (QED) is 0.175. The van der Waals surface area contributed by atoms with Crippen LogP contribution in [-0.4, -0.2) is 49.1 Å². The van der Waals surface area contributed by atoms with Gasteiger partial charge < -0.3 is 29.7 Å². The molecular weight excluding hydrogens is 548 g/mol. The molecule has 0 unspecified atom stereocenters. The maximum absolute atomic E-state index is 14.0. The average Bonchev–Trinajstić information content (AvgIpc) is 3.48. The maximum Gasteiger partial charge on any atom is 0.305 e. The van der Waals surface area contributed by atoms with Gasteiger partial charge in [-0.3, -0.25) is 9.59 Å². The van der Waals surface area contributed by atoms with Crippen LogP contribution in [0.15, 0.2) is 65.2 Å². The Morgan fingerprint density at radius 3 is 2.07 bits per heavy atom. The molecule has 0 bridgehead atoms. The monoisotopic (exact) mass is 579 g/mol. The molecule has 2 aromatic carbocycles. The minimum atomic E-state index is -1.28. The zero-order valence-corrected chi connectivity index (χ0v) is 23.2. The van der Waals surface area contributed by atoms with Crippen LogP contribution in [-0.2, 0) is 4.79 Å². The predicted molar refractivity (Wildman–Crippen MR) is 153 cm³/mol. The van der Waals surface area contributed by atoms with Crippen LogP contribution in [0.3, 0.4) is 0 Å². The van der Waals surface area contributed by atoms with Gasteiger partial charge in [-0.05, 0) is 62.2 Å². The van der Waals surface area contributed by atoms with Gasteiger partial charge in [0.05, 0.1) is 18.6 Å².